The number of hydrogen-bond acceptors (Lipinski definition) is 3. The fourth-order valence-corrected chi connectivity index (χ4v) is 2.19. The first-order valence-electron chi connectivity index (χ1n) is 6.36. The fourth-order valence-electron chi connectivity index (χ4n) is 2.01. The molecule has 3 aromatic rings. The molecular formula is C17H11ClO3. The summed E-state index contributed by atoms with van der Waals surface area (Å²) in [6.07, 6.45) is -0.820. The molecule has 0 heterocycles. The summed E-state index contributed by atoms with van der Waals surface area (Å²) in [6.45, 7) is 0. The highest BCUT2D eigenvalue weighted by molar-refractivity contribution is 6.32. The molecule has 0 unspecified atom stereocenters. The fraction of sp³-hybridized carbons (Fsp3) is 0. The normalized spacial score (nSPS) is 10.3. The van der Waals surface area contributed by atoms with Gasteiger partial charge in [0.2, 0.25) is 0 Å². The van der Waals surface area contributed by atoms with Gasteiger partial charge in [0, 0.05) is 5.39 Å². The van der Waals surface area contributed by atoms with E-state index in [1.807, 2.05) is 36.4 Å². The highest BCUT2D eigenvalue weighted by Crippen LogP contribution is 2.27. The Balaban J connectivity index is 1.82. The first-order chi connectivity index (χ1) is 10.2. The van der Waals surface area contributed by atoms with Crippen molar-refractivity contribution in [3.05, 3.63) is 71.8 Å². The summed E-state index contributed by atoms with van der Waals surface area (Å²) in [7, 11) is 0. The van der Waals surface area contributed by atoms with E-state index in [0.717, 1.165) is 10.8 Å². The molecule has 0 N–H and O–H groups in total. The molecule has 0 fully saturated rings. The van der Waals surface area contributed by atoms with Crippen LogP contribution in [0, 0.1) is 0 Å². The molecule has 0 radical (unpaired) electrons. The van der Waals surface area contributed by atoms with Gasteiger partial charge >= 0.3 is 6.16 Å². The second kappa shape index (κ2) is 5.85. The van der Waals surface area contributed by atoms with Gasteiger partial charge in [-0.1, -0.05) is 60.1 Å². The lowest BCUT2D eigenvalue weighted by atomic mass is 10.1. The monoisotopic (exact) mass is 298 g/mol. The number of carbonyl (C=O) groups excluding carboxylic acids is 1. The Morgan fingerprint density at radius 2 is 1.38 bits per heavy atom. The zero-order valence-electron chi connectivity index (χ0n) is 11.0. The van der Waals surface area contributed by atoms with Gasteiger partial charge in [0.1, 0.15) is 5.75 Å². The second-order valence-corrected chi connectivity index (χ2v) is 4.77. The van der Waals surface area contributed by atoms with Crippen molar-refractivity contribution in [3.8, 4) is 11.5 Å². The molecule has 3 aromatic carbocycles. The van der Waals surface area contributed by atoms with Crippen molar-refractivity contribution in [2.75, 3.05) is 0 Å². The van der Waals surface area contributed by atoms with Crippen LogP contribution < -0.4 is 9.47 Å². The highest BCUT2D eigenvalue weighted by Gasteiger charge is 2.12. The van der Waals surface area contributed by atoms with E-state index in [9.17, 15) is 4.79 Å². The van der Waals surface area contributed by atoms with E-state index in [0.29, 0.717) is 10.8 Å². The maximum Gasteiger partial charge on any atom is 0.519 e. The minimum Gasteiger partial charge on any atom is -0.394 e. The number of ether oxygens (including phenoxy) is 2. The topological polar surface area (TPSA) is 35.5 Å². The molecule has 0 aliphatic carbocycles. The van der Waals surface area contributed by atoms with E-state index < -0.39 is 6.16 Å². The molecule has 104 valence electrons. The summed E-state index contributed by atoms with van der Waals surface area (Å²) in [4.78, 5) is 11.9. The first kappa shape index (κ1) is 13.5. The molecule has 3 rings (SSSR count). The Morgan fingerprint density at radius 1 is 0.762 bits per heavy atom. The molecule has 3 nitrogen and oxygen atoms in total. The maximum absolute atomic E-state index is 11.9. The summed E-state index contributed by atoms with van der Waals surface area (Å²) in [5, 5.41) is 2.18. The number of para-hydroxylation sites is 1. The van der Waals surface area contributed by atoms with E-state index in [1.165, 1.54) is 0 Å². The van der Waals surface area contributed by atoms with Crippen molar-refractivity contribution < 1.29 is 14.3 Å². The van der Waals surface area contributed by atoms with Crippen LogP contribution in [0.15, 0.2) is 66.7 Å². The molecule has 0 bridgehead atoms. The number of carbonyl (C=O) groups is 1. The average Bonchev–Trinajstić information content (AvgIpc) is 2.50. The van der Waals surface area contributed by atoms with Crippen molar-refractivity contribution in [2.24, 2.45) is 0 Å². The molecule has 0 spiro atoms. The van der Waals surface area contributed by atoms with E-state index in [1.54, 1.807) is 30.3 Å². The number of benzene rings is 3. The van der Waals surface area contributed by atoms with Crippen LogP contribution in [0.25, 0.3) is 10.8 Å². The zero-order valence-corrected chi connectivity index (χ0v) is 11.7. The van der Waals surface area contributed by atoms with Gasteiger partial charge in [0.05, 0.1) is 5.02 Å². The van der Waals surface area contributed by atoms with E-state index in [2.05, 4.69) is 0 Å². The number of hydrogen-bond donors (Lipinski definition) is 0. The average molecular weight is 299 g/mol. The van der Waals surface area contributed by atoms with Crippen molar-refractivity contribution in [3.63, 3.8) is 0 Å². The third-order valence-corrected chi connectivity index (χ3v) is 3.29. The Labute approximate surface area is 126 Å². The first-order valence-corrected chi connectivity index (χ1v) is 6.74. The summed E-state index contributed by atoms with van der Waals surface area (Å²) in [5.74, 6) is 0.717. The van der Waals surface area contributed by atoms with Gasteiger partial charge in [-0.25, -0.2) is 4.79 Å². The Bertz CT molecular complexity index is 793. The summed E-state index contributed by atoms with van der Waals surface area (Å²) in [5.41, 5.74) is 0. The van der Waals surface area contributed by atoms with Gasteiger partial charge in [0.15, 0.2) is 5.75 Å². The van der Waals surface area contributed by atoms with Crippen LogP contribution in [0.2, 0.25) is 5.02 Å². The molecule has 0 aromatic heterocycles. The second-order valence-electron chi connectivity index (χ2n) is 4.36. The van der Waals surface area contributed by atoms with Crippen LogP contribution in [-0.2, 0) is 0 Å². The van der Waals surface area contributed by atoms with Crippen LogP contribution in [0.1, 0.15) is 0 Å². The van der Waals surface area contributed by atoms with Crippen LogP contribution in [-0.4, -0.2) is 6.16 Å². The van der Waals surface area contributed by atoms with Crippen molar-refractivity contribution in [1.82, 2.24) is 0 Å². The third kappa shape index (κ3) is 2.98. The van der Waals surface area contributed by atoms with Crippen molar-refractivity contribution >= 4 is 28.5 Å². The molecule has 4 heteroatoms. The predicted octanol–water partition coefficient (Wildman–Crippen LogP) is 5.07. The molecule has 0 saturated carbocycles. The van der Waals surface area contributed by atoms with E-state index in [4.69, 9.17) is 21.1 Å². The van der Waals surface area contributed by atoms with Crippen LogP contribution in [0.5, 0.6) is 11.5 Å². The van der Waals surface area contributed by atoms with Crippen molar-refractivity contribution in [2.45, 2.75) is 0 Å². The van der Waals surface area contributed by atoms with Gasteiger partial charge in [-0.3, -0.25) is 0 Å². The number of fused-ring (bicyclic) bond motifs is 1. The standard InChI is InChI=1S/C17H11ClO3/c18-14-9-3-4-10-16(14)21-17(19)20-15-11-5-7-12-6-1-2-8-13(12)15/h1-11H. The molecule has 0 aliphatic rings. The van der Waals surface area contributed by atoms with Crippen molar-refractivity contribution in [1.29, 1.82) is 0 Å². The van der Waals surface area contributed by atoms with E-state index in [-0.39, 0.29) is 5.75 Å². The Morgan fingerprint density at radius 3 is 2.24 bits per heavy atom. The lowest BCUT2D eigenvalue weighted by Crippen LogP contribution is -2.14. The molecule has 0 aliphatic heterocycles. The van der Waals surface area contributed by atoms with Gasteiger partial charge in [-0.15, -0.1) is 0 Å². The Hall–Kier alpha value is -2.52. The molecular weight excluding hydrogens is 288 g/mol. The summed E-state index contributed by atoms with van der Waals surface area (Å²) in [6, 6.07) is 19.8. The van der Waals surface area contributed by atoms with Crippen LogP contribution in [0.4, 0.5) is 4.79 Å². The van der Waals surface area contributed by atoms with Gasteiger partial charge in [-0.05, 0) is 23.6 Å². The van der Waals surface area contributed by atoms with Crippen LogP contribution >= 0.6 is 11.6 Å². The number of halogens is 1. The minimum absolute atomic E-state index is 0.268. The van der Waals surface area contributed by atoms with Gasteiger partial charge < -0.3 is 9.47 Å². The lowest BCUT2D eigenvalue weighted by molar-refractivity contribution is 0.152. The quantitative estimate of drug-likeness (QED) is 0.489. The molecule has 0 amide bonds. The van der Waals surface area contributed by atoms with Crippen LogP contribution in [0.3, 0.4) is 0 Å². The Kier molecular flexibility index (Phi) is 3.75. The largest absolute Gasteiger partial charge is 0.519 e. The van der Waals surface area contributed by atoms with Gasteiger partial charge in [0.25, 0.3) is 0 Å². The van der Waals surface area contributed by atoms with E-state index >= 15 is 0 Å². The smallest absolute Gasteiger partial charge is 0.394 e. The zero-order chi connectivity index (χ0) is 14.7. The molecule has 21 heavy (non-hydrogen) atoms. The maximum atomic E-state index is 11.9. The minimum atomic E-state index is -0.820. The molecule has 0 atom stereocenters. The number of rotatable bonds is 2. The third-order valence-electron chi connectivity index (χ3n) is 2.97. The summed E-state index contributed by atoms with van der Waals surface area (Å²) >= 11 is 5.93. The molecule has 0 saturated heterocycles. The van der Waals surface area contributed by atoms with Gasteiger partial charge in [-0.2, -0.15) is 0 Å². The highest BCUT2D eigenvalue weighted by atomic mass is 35.5. The SMILES string of the molecule is O=C(Oc1ccccc1Cl)Oc1cccc2ccccc12. The lowest BCUT2D eigenvalue weighted by Gasteiger charge is -2.08. The predicted molar refractivity (Wildman–Crippen MR) is 82.1 cm³/mol. The summed E-state index contributed by atoms with van der Waals surface area (Å²) < 4.78 is 10.4.